The number of hydrogen-bond donors (Lipinski definition) is 3. The molecule has 0 radical (unpaired) electrons. The molecule has 8 heteroatoms. The average Bonchev–Trinajstić information content (AvgIpc) is 2.71. The summed E-state index contributed by atoms with van der Waals surface area (Å²) in [6.45, 7) is 6.02. The van der Waals surface area contributed by atoms with E-state index in [2.05, 4.69) is 4.98 Å². The first-order valence-corrected chi connectivity index (χ1v) is 11.2. The Hall–Kier alpha value is -2.09. The van der Waals surface area contributed by atoms with E-state index in [4.69, 9.17) is 5.73 Å². The number of H-pyrrole nitrogens is 1. The van der Waals surface area contributed by atoms with E-state index in [0.717, 1.165) is 31.7 Å². The van der Waals surface area contributed by atoms with Crippen LogP contribution in [-0.4, -0.2) is 41.1 Å². The Morgan fingerprint density at radius 1 is 1.21 bits per heavy atom. The summed E-state index contributed by atoms with van der Waals surface area (Å²) >= 11 is 0. The number of carbonyl (C=O) groups is 1. The summed E-state index contributed by atoms with van der Waals surface area (Å²) in [6, 6.07) is 0.550. The lowest BCUT2D eigenvalue weighted by molar-refractivity contribution is -0.928. The highest BCUT2D eigenvalue weighted by Gasteiger charge is 2.38. The molecule has 0 bridgehead atoms. The number of piperidine rings is 1. The van der Waals surface area contributed by atoms with Gasteiger partial charge < -0.3 is 10.6 Å². The van der Waals surface area contributed by atoms with Crippen molar-refractivity contribution in [1.29, 1.82) is 0 Å². The van der Waals surface area contributed by atoms with Crippen molar-refractivity contribution >= 4 is 17.4 Å². The molecule has 1 saturated heterocycles. The number of nitrogens with one attached hydrogen (secondary N) is 2. The van der Waals surface area contributed by atoms with Gasteiger partial charge in [0.1, 0.15) is 5.82 Å². The quantitative estimate of drug-likeness (QED) is 0.613. The minimum Gasteiger partial charge on any atom is -0.383 e. The zero-order valence-corrected chi connectivity index (χ0v) is 17.8. The molecule has 2 aliphatic rings. The fourth-order valence-corrected chi connectivity index (χ4v) is 5.21. The zero-order chi connectivity index (χ0) is 21.0. The van der Waals surface area contributed by atoms with E-state index in [1.165, 1.54) is 46.5 Å². The van der Waals surface area contributed by atoms with Crippen LogP contribution in [0.25, 0.3) is 0 Å². The number of aromatic amines is 1. The van der Waals surface area contributed by atoms with Gasteiger partial charge in [0.2, 0.25) is 0 Å². The maximum Gasteiger partial charge on any atom is 0.330 e. The molecule has 1 unspecified atom stereocenters. The van der Waals surface area contributed by atoms with Gasteiger partial charge in [0.25, 0.3) is 11.5 Å². The Morgan fingerprint density at radius 2 is 1.93 bits per heavy atom. The van der Waals surface area contributed by atoms with Crippen LogP contribution in [0.15, 0.2) is 9.59 Å². The molecular weight excluding hydrogens is 370 g/mol. The SMILES string of the molecule is CCCCn1c(N)c(N(CC)C(=O)C[NH+]2CCC[C@H]3CCCC[C@@H]32)c(=O)[nH]c1=O. The standard InChI is InChI=1S/C21H35N5O3/c1-3-5-13-26-19(22)18(20(28)23-21(26)29)25(4-2)17(27)14-24-12-8-10-15-9-6-7-11-16(15)24/h15-16H,3-14,22H2,1-2H3,(H,23,28,29)/p+1/t15-,16+/m1/s1. The van der Waals surface area contributed by atoms with E-state index in [1.807, 2.05) is 13.8 Å². The van der Waals surface area contributed by atoms with Crippen LogP contribution < -0.4 is 26.8 Å². The van der Waals surface area contributed by atoms with Crippen molar-refractivity contribution in [2.24, 2.45) is 5.92 Å². The molecule has 1 aliphatic carbocycles. The first kappa shape index (κ1) is 21.6. The number of likely N-dealkylation sites (tertiary alicyclic amines) is 1. The smallest absolute Gasteiger partial charge is 0.330 e. The molecule has 29 heavy (non-hydrogen) atoms. The summed E-state index contributed by atoms with van der Waals surface area (Å²) in [4.78, 5) is 43.2. The number of anilines is 2. The number of hydrogen-bond acceptors (Lipinski definition) is 4. The van der Waals surface area contributed by atoms with E-state index < -0.39 is 11.2 Å². The highest BCUT2D eigenvalue weighted by atomic mass is 16.2. The van der Waals surface area contributed by atoms with Gasteiger partial charge in [-0.2, -0.15) is 0 Å². The van der Waals surface area contributed by atoms with E-state index >= 15 is 0 Å². The van der Waals surface area contributed by atoms with Crippen LogP contribution in [0.3, 0.4) is 0 Å². The molecule has 3 atom stereocenters. The third-order valence-electron chi connectivity index (χ3n) is 6.72. The Morgan fingerprint density at radius 3 is 2.66 bits per heavy atom. The highest BCUT2D eigenvalue weighted by molar-refractivity contribution is 5.96. The molecule has 4 N–H and O–H groups in total. The van der Waals surface area contributed by atoms with Crippen LogP contribution in [0.1, 0.15) is 65.2 Å². The second-order valence-electron chi connectivity index (χ2n) is 8.51. The molecule has 2 fully saturated rings. The fourth-order valence-electron chi connectivity index (χ4n) is 5.21. The number of quaternary nitrogens is 1. The van der Waals surface area contributed by atoms with Gasteiger partial charge >= 0.3 is 5.69 Å². The monoisotopic (exact) mass is 406 g/mol. The van der Waals surface area contributed by atoms with Crippen LogP contribution in [0, 0.1) is 5.92 Å². The average molecular weight is 407 g/mol. The Balaban J connectivity index is 1.84. The van der Waals surface area contributed by atoms with Crippen LogP contribution in [-0.2, 0) is 11.3 Å². The minimum absolute atomic E-state index is 0.0894. The molecule has 3 rings (SSSR count). The molecule has 162 valence electrons. The summed E-state index contributed by atoms with van der Waals surface area (Å²) in [7, 11) is 0. The fraction of sp³-hybridized carbons (Fsp3) is 0.762. The van der Waals surface area contributed by atoms with E-state index in [-0.39, 0.29) is 17.4 Å². The van der Waals surface area contributed by atoms with Gasteiger partial charge in [0.05, 0.1) is 12.6 Å². The van der Waals surface area contributed by atoms with Gasteiger partial charge in [-0.15, -0.1) is 0 Å². The molecule has 1 aromatic heterocycles. The normalized spacial score (nSPS) is 24.1. The van der Waals surface area contributed by atoms with Crippen molar-refractivity contribution < 1.29 is 9.69 Å². The van der Waals surface area contributed by atoms with Gasteiger partial charge in [-0.05, 0) is 45.4 Å². The van der Waals surface area contributed by atoms with Crippen molar-refractivity contribution in [2.45, 2.75) is 77.8 Å². The van der Waals surface area contributed by atoms with Crippen molar-refractivity contribution in [3.05, 3.63) is 20.8 Å². The molecule has 2 heterocycles. The van der Waals surface area contributed by atoms with Crippen molar-refractivity contribution in [3.63, 3.8) is 0 Å². The second kappa shape index (κ2) is 9.61. The first-order chi connectivity index (χ1) is 14.0. The lowest BCUT2D eigenvalue weighted by atomic mass is 9.78. The summed E-state index contributed by atoms with van der Waals surface area (Å²) in [6.07, 6.45) is 9.10. The summed E-state index contributed by atoms with van der Waals surface area (Å²) in [5, 5.41) is 0. The molecular formula is C21H36N5O3+. The van der Waals surface area contributed by atoms with Gasteiger partial charge in [0.15, 0.2) is 12.2 Å². The summed E-state index contributed by atoms with van der Waals surface area (Å²) < 4.78 is 1.38. The lowest BCUT2D eigenvalue weighted by Crippen LogP contribution is -3.18. The number of nitrogen functional groups attached to an aromatic ring is 1. The molecule has 1 amide bonds. The number of nitrogens with two attached hydrogens (primary N) is 1. The zero-order valence-electron chi connectivity index (χ0n) is 17.8. The molecule has 1 saturated carbocycles. The first-order valence-electron chi connectivity index (χ1n) is 11.2. The van der Waals surface area contributed by atoms with Crippen molar-refractivity contribution in [2.75, 3.05) is 30.3 Å². The number of likely N-dealkylation sites (N-methyl/N-ethyl adjacent to an activating group) is 1. The number of amides is 1. The van der Waals surface area contributed by atoms with E-state index in [0.29, 0.717) is 25.7 Å². The third kappa shape index (κ3) is 4.57. The molecule has 1 aliphatic heterocycles. The highest BCUT2D eigenvalue weighted by Crippen LogP contribution is 2.28. The van der Waals surface area contributed by atoms with E-state index in [9.17, 15) is 14.4 Å². The topological polar surface area (TPSA) is 106 Å². The number of nitrogens with zero attached hydrogens (tertiary/aromatic N) is 2. The molecule has 0 aromatic carbocycles. The molecule has 1 aromatic rings. The van der Waals surface area contributed by atoms with Gasteiger partial charge in [-0.25, -0.2) is 4.79 Å². The van der Waals surface area contributed by atoms with Crippen LogP contribution in [0.4, 0.5) is 11.5 Å². The third-order valence-corrected chi connectivity index (χ3v) is 6.72. The van der Waals surface area contributed by atoms with Gasteiger partial charge in [-0.3, -0.25) is 24.0 Å². The Bertz CT molecular complexity index is 829. The van der Waals surface area contributed by atoms with Gasteiger partial charge in [0, 0.05) is 19.0 Å². The maximum absolute atomic E-state index is 13.2. The predicted molar refractivity (Wildman–Crippen MR) is 114 cm³/mol. The number of unbranched alkanes of at least 4 members (excludes halogenated alkanes) is 1. The predicted octanol–water partition coefficient (Wildman–Crippen LogP) is 0.509. The van der Waals surface area contributed by atoms with Crippen LogP contribution >= 0.6 is 0 Å². The Kier molecular flexibility index (Phi) is 7.16. The number of carbonyl (C=O) groups excluding carboxylic acids is 1. The van der Waals surface area contributed by atoms with Crippen molar-refractivity contribution in [3.8, 4) is 0 Å². The maximum atomic E-state index is 13.2. The Labute approximate surface area is 172 Å². The lowest BCUT2D eigenvalue weighted by Gasteiger charge is -2.41. The number of fused-ring (bicyclic) bond motifs is 1. The number of rotatable bonds is 7. The van der Waals surface area contributed by atoms with Crippen LogP contribution in [0.2, 0.25) is 0 Å². The second-order valence-corrected chi connectivity index (χ2v) is 8.51. The van der Waals surface area contributed by atoms with Crippen molar-refractivity contribution in [1.82, 2.24) is 9.55 Å². The number of aromatic nitrogens is 2. The summed E-state index contributed by atoms with van der Waals surface area (Å²) in [5.74, 6) is 0.720. The minimum atomic E-state index is -0.584. The van der Waals surface area contributed by atoms with Crippen LogP contribution in [0.5, 0.6) is 0 Å². The van der Waals surface area contributed by atoms with Gasteiger partial charge in [-0.1, -0.05) is 19.8 Å². The largest absolute Gasteiger partial charge is 0.383 e. The molecule has 8 nitrogen and oxygen atoms in total. The molecule has 0 spiro atoms. The summed E-state index contributed by atoms with van der Waals surface area (Å²) in [5.41, 5.74) is 5.24. The van der Waals surface area contributed by atoms with E-state index in [1.54, 1.807) is 0 Å².